The lowest BCUT2D eigenvalue weighted by molar-refractivity contribution is -0.187. The smallest absolute Gasteiger partial charge is 0.408 e. The Morgan fingerprint density at radius 1 is 1.11 bits per heavy atom. The molecule has 0 fully saturated rings. The minimum Gasteiger partial charge on any atom is -0.477 e. The van der Waals surface area contributed by atoms with E-state index in [4.69, 9.17) is 29.2 Å². The molecule has 36 heavy (non-hydrogen) atoms. The number of amides is 1. The van der Waals surface area contributed by atoms with Gasteiger partial charge in [-0.3, -0.25) is 14.4 Å². The van der Waals surface area contributed by atoms with Crippen molar-refractivity contribution in [2.75, 3.05) is 13.7 Å². The van der Waals surface area contributed by atoms with Gasteiger partial charge >= 0.3 is 30.0 Å². The molecule has 5 atom stereocenters. The van der Waals surface area contributed by atoms with Gasteiger partial charge in [0.2, 0.25) is 5.76 Å². The largest absolute Gasteiger partial charge is 0.477 e. The van der Waals surface area contributed by atoms with E-state index in [-0.39, 0.29) is 0 Å². The Hall–Kier alpha value is -4.00. The van der Waals surface area contributed by atoms with Crippen LogP contribution in [-0.4, -0.2) is 79.7 Å². The predicted octanol–water partition coefficient (Wildman–Crippen LogP) is 1.44. The maximum absolute atomic E-state index is 12.6. The van der Waals surface area contributed by atoms with Gasteiger partial charge in [-0.15, -0.1) is 0 Å². The van der Waals surface area contributed by atoms with Gasteiger partial charge in [-0.2, -0.15) is 0 Å². The van der Waals surface area contributed by atoms with Crippen molar-refractivity contribution in [3.63, 3.8) is 0 Å². The predicted molar refractivity (Wildman–Crippen MR) is 119 cm³/mol. The number of ether oxygens (including phenoxy) is 6. The van der Waals surface area contributed by atoms with Crippen molar-refractivity contribution in [3.8, 4) is 0 Å². The highest BCUT2D eigenvalue weighted by molar-refractivity contribution is 5.86. The van der Waals surface area contributed by atoms with Crippen LogP contribution in [0.25, 0.3) is 10.4 Å². The van der Waals surface area contributed by atoms with E-state index in [0.717, 1.165) is 34.0 Å². The first kappa shape index (κ1) is 30.0. The molecule has 1 rings (SSSR count). The lowest BCUT2D eigenvalue weighted by Crippen LogP contribution is -2.61. The second-order valence-electron chi connectivity index (χ2n) is 8.50. The molecular weight excluding hydrogens is 484 g/mol. The van der Waals surface area contributed by atoms with Crippen LogP contribution in [0, 0.1) is 0 Å². The maximum Gasteiger partial charge on any atom is 0.408 e. The standard InChI is InChI=1S/C21H30N4O11/c1-10(26)32-9-15(33-11(2)27)17(34-12(3)28)18-16(23-20(30)36-21(4,5)6)13(24-25-22)8-14(35-18)19(29)31-7/h8,13,15-18H,9H2,1-7H3,(H,23,30)/t13-,15+,16+,17+,18+/m0/s1. The highest BCUT2D eigenvalue weighted by Gasteiger charge is 2.48. The van der Waals surface area contributed by atoms with Crippen molar-refractivity contribution < 1.29 is 52.4 Å². The SMILES string of the molecule is COC(=O)C1=C[C@H](N=[N+]=[N-])[C@@H](NC(=O)OC(C)(C)C)[C@H]([C@H](OC(C)=O)[C@@H](COC(C)=O)OC(C)=O)O1. The summed E-state index contributed by atoms with van der Waals surface area (Å²) in [6.45, 7) is 7.47. The van der Waals surface area contributed by atoms with E-state index in [1.807, 2.05) is 0 Å². The first-order chi connectivity index (χ1) is 16.7. The Morgan fingerprint density at radius 2 is 1.72 bits per heavy atom. The molecule has 0 aromatic carbocycles. The molecule has 200 valence electrons. The molecule has 0 bridgehead atoms. The number of esters is 4. The Bertz CT molecular complexity index is 937. The molecule has 0 saturated heterocycles. The Labute approximate surface area is 207 Å². The number of nitrogens with zero attached hydrogens (tertiary/aromatic N) is 3. The minimum absolute atomic E-state index is 0.437. The molecule has 0 spiro atoms. The van der Waals surface area contributed by atoms with Crippen molar-refractivity contribution in [1.29, 1.82) is 0 Å². The number of methoxy groups -OCH3 is 1. The molecule has 15 nitrogen and oxygen atoms in total. The van der Waals surface area contributed by atoms with E-state index in [1.165, 1.54) is 0 Å². The molecule has 15 heteroatoms. The van der Waals surface area contributed by atoms with Crippen LogP contribution in [0.15, 0.2) is 16.9 Å². The molecule has 0 saturated carbocycles. The molecule has 0 radical (unpaired) electrons. The quantitative estimate of drug-likeness (QED) is 0.153. The first-order valence-electron chi connectivity index (χ1n) is 10.7. The highest BCUT2D eigenvalue weighted by Crippen LogP contribution is 2.28. The van der Waals surface area contributed by atoms with Gasteiger partial charge in [0.25, 0.3) is 0 Å². The number of rotatable bonds is 9. The molecule has 0 unspecified atom stereocenters. The zero-order valence-corrected chi connectivity index (χ0v) is 21.0. The summed E-state index contributed by atoms with van der Waals surface area (Å²) in [7, 11) is 1.07. The fraction of sp³-hybridized carbons (Fsp3) is 0.667. The third kappa shape index (κ3) is 9.70. The van der Waals surface area contributed by atoms with Crippen molar-refractivity contribution in [2.45, 2.75) is 77.5 Å². The normalized spacial score (nSPS) is 20.6. The summed E-state index contributed by atoms with van der Waals surface area (Å²) in [5.41, 5.74) is 8.18. The molecule has 0 aliphatic carbocycles. The van der Waals surface area contributed by atoms with Crippen LogP contribution in [0.4, 0.5) is 4.79 Å². The van der Waals surface area contributed by atoms with Crippen molar-refractivity contribution in [1.82, 2.24) is 5.32 Å². The average molecular weight is 514 g/mol. The Morgan fingerprint density at radius 3 is 2.19 bits per heavy atom. The van der Waals surface area contributed by atoms with Crippen LogP contribution >= 0.6 is 0 Å². The molecule has 1 aliphatic rings. The van der Waals surface area contributed by atoms with Crippen LogP contribution in [0.3, 0.4) is 0 Å². The summed E-state index contributed by atoms with van der Waals surface area (Å²) >= 11 is 0. The number of carbonyl (C=O) groups is 5. The first-order valence-corrected chi connectivity index (χ1v) is 10.7. The molecular formula is C21H30N4O11. The van der Waals surface area contributed by atoms with Crippen molar-refractivity contribution >= 4 is 30.0 Å². The number of nitrogens with one attached hydrogen (secondary N) is 1. The topological polar surface area (TPSA) is 202 Å². The van der Waals surface area contributed by atoms with Crippen LogP contribution in [0.1, 0.15) is 41.5 Å². The van der Waals surface area contributed by atoms with Gasteiger partial charge in [-0.05, 0) is 32.4 Å². The van der Waals surface area contributed by atoms with E-state index >= 15 is 0 Å². The number of carbonyl (C=O) groups excluding carboxylic acids is 5. The zero-order chi connectivity index (χ0) is 27.6. The van der Waals surface area contributed by atoms with E-state index in [9.17, 15) is 24.0 Å². The van der Waals surface area contributed by atoms with Gasteiger partial charge in [-0.25, -0.2) is 9.59 Å². The second kappa shape index (κ2) is 13.2. The highest BCUT2D eigenvalue weighted by atomic mass is 16.6. The monoisotopic (exact) mass is 514 g/mol. The number of hydrogen-bond donors (Lipinski definition) is 1. The second-order valence-corrected chi connectivity index (χ2v) is 8.50. The number of hydrogen-bond acceptors (Lipinski definition) is 12. The van der Waals surface area contributed by atoms with Crippen LogP contribution in [-0.2, 0) is 47.6 Å². The molecule has 1 heterocycles. The van der Waals surface area contributed by atoms with Gasteiger partial charge in [0.05, 0.1) is 19.2 Å². The molecule has 0 aromatic heterocycles. The van der Waals surface area contributed by atoms with Gasteiger partial charge in [0.1, 0.15) is 12.2 Å². The summed E-state index contributed by atoms with van der Waals surface area (Å²) in [4.78, 5) is 62.8. The Kier molecular flexibility index (Phi) is 11.0. The Balaban J connectivity index is 3.64. The van der Waals surface area contributed by atoms with Gasteiger partial charge in [0.15, 0.2) is 18.3 Å². The third-order valence-corrected chi connectivity index (χ3v) is 4.32. The van der Waals surface area contributed by atoms with Crippen molar-refractivity contribution in [2.24, 2.45) is 5.11 Å². The van der Waals surface area contributed by atoms with Crippen LogP contribution in [0.5, 0.6) is 0 Å². The molecule has 0 aromatic rings. The van der Waals surface area contributed by atoms with Gasteiger partial charge in [0, 0.05) is 25.7 Å². The van der Waals surface area contributed by atoms with Crippen LogP contribution in [0.2, 0.25) is 0 Å². The lowest BCUT2D eigenvalue weighted by atomic mass is 9.92. The maximum atomic E-state index is 12.6. The average Bonchev–Trinajstić information content (AvgIpc) is 2.74. The fourth-order valence-electron chi connectivity index (χ4n) is 3.13. The fourth-order valence-corrected chi connectivity index (χ4v) is 3.13. The minimum atomic E-state index is -1.57. The van der Waals surface area contributed by atoms with E-state index in [0.29, 0.717) is 0 Å². The third-order valence-electron chi connectivity index (χ3n) is 4.32. The van der Waals surface area contributed by atoms with E-state index in [2.05, 4.69) is 20.1 Å². The van der Waals surface area contributed by atoms with Gasteiger partial charge in [-0.1, -0.05) is 5.11 Å². The van der Waals surface area contributed by atoms with Crippen LogP contribution < -0.4 is 5.32 Å². The summed E-state index contributed by atoms with van der Waals surface area (Å²) in [5.74, 6) is -3.84. The zero-order valence-electron chi connectivity index (χ0n) is 21.0. The summed E-state index contributed by atoms with van der Waals surface area (Å²) in [6, 6.07) is -2.59. The lowest BCUT2D eigenvalue weighted by Gasteiger charge is -2.40. The molecule has 1 N–H and O–H groups in total. The molecule has 1 aliphatic heterocycles. The van der Waals surface area contributed by atoms with Gasteiger partial charge < -0.3 is 33.7 Å². The molecule has 1 amide bonds. The number of alkyl carbamates (subject to hydrolysis) is 1. The van der Waals surface area contributed by atoms with E-state index < -0.39 is 78.3 Å². The number of azide groups is 1. The summed E-state index contributed by atoms with van der Waals surface area (Å²) < 4.78 is 31.2. The van der Waals surface area contributed by atoms with Crippen molar-refractivity contribution in [3.05, 3.63) is 22.3 Å². The van der Waals surface area contributed by atoms with E-state index in [1.54, 1.807) is 20.8 Å². The summed E-state index contributed by atoms with van der Waals surface area (Å²) in [5, 5.41) is 6.08. The summed E-state index contributed by atoms with van der Waals surface area (Å²) in [6.07, 6.45) is -4.40.